The predicted octanol–water partition coefficient (Wildman–Crippen LogP) is 0.579. The molecule has 96 valence electrons. The van der Waals surface area contributed by atoms with Crippen molar-refractivity contribution in [3.05, 3.63) is 0 Å². The van der Waals surface area contributed by atoms with Gasteiger partial charge in [-0.1, -0.05) is 0 Å². The molecule has 1 rings (SSSR count). The first-order chi connectivity index (χ1) is 7.83. The highest BCUT2D eigenvalue weighted by atomic mass is 16.5. The van der Waals surface area contributed by atoms with Gasteiger partial charge in [-0.2, -0.15) is 0 Å². The molecule has 2 unspecified atom stereocenters. The molecule has 0 aliphatic heterocycles. The van der Waals surface area contributed by atoms with Crippen LogP contribution in [0.4, 0.5) is 0 Å². The molecule has 0 aromatic heterocycles. The number of methoxy groups -OCH3 is 2. The second-order valence-electron chi connectivity index (χ2n) is 4.48. The van der Waals surface area contributed by atoms with Crippen LogP contribution in [0.25, 0.3) is 0 Å². The zero-order valence-electron chi connectivity index (χ0n) is 10.9. The van der Waals surface area contributed by atoms with E-state index in [9.17, 15) is 0 Å². The highest BCUT2D eigenvalue weighted by molar-refractivity contribution is 4.89. The van der Waals surface area contributed by atoms with Crippen LogP contribution in [0.1, 0.15) is 12.8 Å². The number of nitrogens with zero attached hydrogens (tertiary/aromatic N) is 1. The fraction of sp³-hybridized carbons (Fsp3) is 1.00. The third-order valence-electron chi connectivity index (χ3n) is 3.48. The van der Waals surface area contributed by atoms with Crippen LogP contribution in [0.5, 0.6) is 0 Å². The largest absolute Gasteiger partial charge is 0.383 e. The molecule has 1 saturated carbocycles. The Kier molecular flexibility index (Phi) is 6.96. The number of nitrogens with one attached hydrogen (secondary N) is 1. The molecular weight excluding hydrogens is 204 g/mol. The first-order valence-electron chi connectivity index (χ1n) is 6.20. The summed E-state index contributed by atoms with van der Waals surface area (Å²) in [5, 5.41) is 3.28. The summed E-state index contributed by atoms with van der Waals surface area (Å²) in [6, 6.07) is 0.720. The van der Waals surface area contributed by atoms with Gasteiger partial charge in [0, 0.05) is 33.4 Å². The Labute approximate surface area is 99.3 Å². The average molecular weight is 230 g/mol. The zero-order chi connectivity index (χ0) is 11.8. The summed E-state index contributed by atoms with van der Waals surface area (Å²) in [7, 11) is 5.56. The quantitative estimate of drug-likeness (QED) is 0.628. The Morgan fingerprint density at radius 2 is 1.75 bits per heavy atom. The van der Waals surface area contributed by atoms with Crippen LogP contribution in [-0.4, -0.2) is 65.1 Å². The molecule has 0 radical (unpaired) electrons. The van der Waals surface area contributed by atoms with Gasteiger partial charge in [-0.05, 0) is 32.4 Å². The average Bonchev–Trinajstić information content (AvgIpc) is 2.27. The van der Waals surface area contributed by atoms with Crippen LogP contribution >= 0.6 is 0 Å². The summed E-state index contributed by atoms with van der Waals surface area (Å²) in [5.74, 6) is 0.804. The molecule has 1 N–H and O–H groups in total. The van der Waals surface area contributed by atoms with Gasteiger partial charge in [-0.25, -0.2) is 0 Å². The third kappa shape index (κ3) is 4.01. The van der Waals surface area contributed by atoms with E-state index >= 15 is 0 Å². The second kappa shape index (κ2) is 8.01. The maximum atomic E-state index is 5.17. The SMILES string of the molecule is CNCC1CCC1N(CCOC)CCOC. The topological polar surface area (TPSA) is 33.7 Å². The molecule has 1 aliphatic carbocycles. The van der Waals surface area contributed by atoms with E-state index in [2.05, 4.69) is 10.2 Å². The summed E-state index contributed by atoms with van der Waals surface area (Å²) in [5.41, 5.74) is 0. The number of hydrogen-bond acceptors (Lipinski definition) is 4. The molecule has 1 fully saturated rings. The smallest absolute Gasteiger partial charge is 0.0589 e. The first kappa shape index (κ1) is 13.9. The monoisotopic (exact) mass is 230 g/mol. The van der Waals surface area contributed by atoms with Crippen LogP contribution in [0, 0.1) is 5.92 Å². The van der Waals surface area contributed by atoms with Gasteiger partial charge in [-0.15, -0.1) is 0 Å². The second-order valence-corrected chi connectivity index (χ2v) is 4.48. The zero-order valence-corrected chi connectivity index (χ0v) is 10.9. The predicted molar refractivity (Wildman–Crippen MR) is 65.8 cm³/mol. The normalized spacial score (nSPS) is 24.8. The Bertz CT molecular complexity index is 170. The summed E-state index contributed by atoms with van der Waals surface area (Å²) in [6.45, 7) is 4.79. The molecule has 0 amide bonds. The lowest BCUT2D eigenvalue weighted by Gasteiger charge is -2.44. The van der Waals surface area contributed by atoms with Crippen LogP contribution in [0.3, 0.4) is 0 Å². The molecular formula is C12H26N2O2. The minimum Gasteiger partial charge on any atom is -0.383 e. The van der Waals surface area contributed by atoms with Crippen LogP contribution in [-0.2, 0) is 9.47 Å². The van der Waals surface area contributed by atoms with Gasteiger partial charge in [0.2, 0.25) is 0 Å². The van der Waals surface area contributed by atoms with Gasteiger partial charge < -0.3 is 14.8 Å². The van der Waals surface area contributed by atoms with E-state index in [1.165, 1.54) is 12.8 Å². The molecule has 0 bridgehead atoms. The fourth-order valence-corrected chi connectivity index (χ4v) is 2.39. The van der Waals surface area contributed by atoms with Gasteiger partial charge in [0.15, 0.2) is 0 Å². The fourth-order valence-electron chi connectivity index (χ4n) is 2.39. The third-order valence-corrected chi connectivity index (χ3v) is 3.48. The van der Waals surface area contributed by atoms with Crippen molar-refractivity contribution < 1.29 is 9.47 Å². The molecule has 0 aromatic rings. The molecule has 1 aliphatic rings. The van der Waals surface area contributed by atoms with Gasteiger partial charge in [-0.3, -0.25) is 4.90 Å². The van der Waals surface area contributed by atoms with Crippen LogP contribution in [0.2, 0.25) is 0 Å². The van der Waals surface area contributed by atoms with Crippen molar-refractivity contribution in [2.45, 2.75) is 18.9 Å². The van der Waals surface area contributed by atoms with E-state index in [4.69, 9.17) is 9.47 Å². The Hall–Kier alpha value is -0.160. The molecule has 2 atom stereocenters. The number of rotatable bonds is 9. The minimum absolute atomic E-state index is 0.720. The lowest BCUT2D eigenvalue weighted by molar-refractivity contribution is 0.0234. The van der Waals surface area contributed by atoms with Crippen molar-refractivity contribution in [1.82, 2.24) is 10.2 Å². The first-order valence-corrected chi connectivity index (χ1v) is 6.20. The van der Waals surface area contributed by atoms with Crippen molar-refractivity contribution in [1.29, 1.82) is 0 Å². The summed E-state index contributed by atoms with van der Waals surface area (Å²) >= 11 is 0. The van der Waals surface area contributed by atoms with E-state index in [1.807, 2.05) is 7.05 Å². The molecule has 4 nitrogen and oxygen atoms in total. The van der Waals surface area contributed by atoms with E-state index in [0.29, 0.717) is 0 Å². The summed E-state index contributed by atoms with van der Waals surface area (Å²) < 4.78 is 10.3. The summed E-state index contributed by atoms with van der Waals surface area (Å²) in [6.07, 6.45) is 2.67. The van der Waals surface area contributed by atoms with Crippen LogP contribution in [0.15, 0.2) is 0 Å². The maximum Gasteiger partial charge on any atom is 0.0589 e. The molecule has 0 spiro atoms. The van der Waals surface area contributed by atoms with Crippen molar-refractivity contribution in [3.63, 3.8) is 0 Å². The Morgan fingerprint density at radius 1 is 1.12 bits per heavy atom. The van der Waals surface area contributed by atoms with Gasteiger partial charge in [0.05, 0.1) is 13.2 Å². The van der Waals surface area contributed by atoms with Crippen molar-refractivity contribution >= 4 is 0 Å². The molecule has 0 aromatic carbocycles. The van der Waals surface area contributed by atoms with Gasteiger partial charge in [0.25, 0.3) is 0 Å². The highest BCUT2D eigenvalue weighted by Crippen LogP contribution is 2.31. The van der Waals surface area contributed by atoms with Crippen molar-refractivity contribution in [2.75, 3.05) is 54.1 Å². The lowest BCUT2D eigenvalue weighted by Crippen LogP contribution is -2.52. The highest BCUT2D eigenvalue weighted by Gasteiger charge is 2.34. The van der Waals surface area contributed by atoms with E-state index in [0.717, 1.165) is 44.8 Å². The lowest BCUT2D eigenvalue weighted by atomic mass is 9.78. The standard InChI is InChI=1S/C12H26N2O2/c1-13-10-11-4-5-12(11)14(6-8-15-2)7-9-16-3/h11-13H,4-10H2,1-3H3. The van der Waals surface area contributed by atoms with Gasteiger partial charge in [0.1, 0.15) is 0 Å². The number of hydrogen-bond donors (Lipinski definition) is 1. The minimum atomic E-state index is 0.720. The van der Waals surface area contributed by atoms with E-state index in [-0.39, 0.29) is 0 Å². The maximum absolute atomic E-state index is 5.17. The van der Waals surface area contributed by atoms with Crippen molar-refractivity contribution in [2.24, 2.45) is 5.92 Å². The number of ether oxygens (including phenoxy) is 2. The molecule has 16 heavy (non-hydrogen) atoms. The van der Waals surface area contributed by atoms with Crippen LogP contribution < -0.4 is 5.32 Å². The van der Waals surface area contributed by atoms with Gasteiger partial charge >= 0.3 is 0 Å². The molecule has 0 saturated heterocycles. The Balaban J connectivity index is 2.34. The summed E-state index contributed by atoms with van der Waals surface area (Å²) in [4.78, 5) is 2.51. The molecule has 4 heteroatoms. The van der Waals surface area contributed by atoms with Crippen molar-refractivity contribution in [3.8, 4) is 0 Å². The molecule has 0 heterocycles. The van der Waals surface area contributed by atoms with E-state index < -0.39 is 0 Å². The Morgan fingerprint density at radius 3 is 2.12 bits per heavy atom. The van der Waals surface area contributed by atoms with E-state index in [1.54, 1.807) is 14.2 Å².